The first kappa shape index (κ1) is 6.85. The van der Waals surface area contributed by atoms with E-state index in [1.165, 1.54) is 0 Å². The van der Waals surface area contributed by atoms with Crippen molar-refractivity contribution in [3.8, 4) is 0 Å². The summed E-state index contributed by atoms with van der Waals surface area (Å²) in [5.74, 6) is 0.632. The molecule has 1 aliphatic heterocycles. The van der Waals surface area contributed by atoms with Crippen molar-refractivity contribution >= 4 is 19.7 Å². The topological polar surface area (TPSA) is 66.3 Å². The molecule has 0 aromatic heterocycles. The standard InChI is InChI=1S/C5H12N5P/c1-10(2)5-7-4(6)8-11(3)9-5/h11H,1-3H3,(H2,6,7,8,9)/i11D. The Bertz CT molecular complexity index is 299. The third kappa shape index (κ3) is 2.05. The Labute approximate surface area is 67.8 Å². The van der Waals surface area contributed by atoms with E-state index in [9.17, 15) is 0 Å². The van der Waals surface area contributed by atoms with Gasteiger partial charge in [0.05, 0.1) is 7.81 Å². The molecule has 6 heteroatoms. The fourth-order valence-electron chi connectivity index (χ4n) is 0.637. The van der Waals surface area contributed by atoms with Crippen molar-refractivity contribution in [2.45, 2.75) is 0 Å². The lowest BCUT2D eigenvalue weighted by molar-refractivity contribution is 0.616. The molecule has 0 radical (unpaired) electrons. The molecule has 1 rings (SSSR count). The summed E-state index contributed by atoms with van der Waals surface area (Å²) in [7, 11) is 1.28. The van der Waals surface area contributed by atoms with Crippen LogP contribution in [0.2, 0.25) is 0 Å². The highest BCUT2D eigenvalue weighted by Gasteiger charge is 2.05. The van der Waals surface area contributed by atoms with E-state index >= 15 is 0 Å². The molecule has 0 aliphatic carbocycles. The number of aliphatic imine (C=N–C) groups is 1. The van der Waals surface area contributed by atoms with Crippen LogP contribution >= 0.6 is 7.81 Å². The average molecular weight is 174 g/mol. The molecule has 0 spiro atoms. The van der Waals surface area contributed by atoms with Crippen LogP contribution in [0.15, 0.2) is 14.5 Å². The molecular formula is C5H12N5P. The Hall–Kier alpha value is -0.830. The van der Waals surface area contributed by atoms with Crippen molar-refractivity contribution in [1.82, 2.24) is 4.90 Å². The zero-order valence-corrected chi connectivity index (χ0v) is 7.71. The van der Waals surface area contributed by atoms with Gasteiger partial charge < -0.3 is 10.6 Å². The summed E-state index contributed by atoms with van der Waals surface area (Å²) in [6.07, 6.45) is 0. The predicted octanol–water partition coefficient (Wildman–Crippen LogP) is 0.175. The highest BCUT2D eigenvalue weighted by molar-refractivity contribution is 7.45. The van der Waals surface area contributed by atoms with E-state index in [0.717, 1.165) is 0 Å². The van der Waals surface area contributed by atoms with Gasteiger partial charge in [0, 0.05) is 14.1 Å². The summed E-state index contributed by atoms with van der Waals surface area (Å²) >= 11 is 0. The zero-order valence-electron chi connectivity index (χ0n) is 7.81. The quantitative estimate of drug-likeness (QED) is 0.532. The van der Waals surface area contributed by atoms with E-state index in [1.54, 1.807) is 25.7 Å². The Morgan fingerprint density at radius 2 is 2.27 bits per heavy atom. The van der Waals surface area contributed by atoms with Crippen LogP contribution in [0.25, 0.3) is 0 Å². The van der Waals surface area contributed by atoms with Crippen LogP contribution in [0.1, 0.15) is 0 Å². The minimum absolute atomic E-state index is 0.152. The van der Waals surface area contributed by atoms with Gasteiger partial charge in [0.25, 0.3) is 0 Å². The maximum Gasteiger partial charge on any atom is 0.228 e. The second-order valence-electron chi connectivity index (χ2n) is 2.35. The molecule has 0 amide bonds. The Morgan fingerprint density at radius 3 is 2.73 bits per heavy atom. The zero-order chi connectivity index (χ0) is 9.35. The van der Waals surface area contributed by atoms with Crippen LogP contribution < -0.4 is 5.73 Å². The number of nitrogens with two attached hydrogens (primary N) is 1. The maximum absolute atomic E-state index is 7.65. The largest absolute Gasteiger partial charge is 0.368 e. The second-order valence-corrected chi connectivity index (χ2v) is 3.73. The van der Waals surface area contributed by atoms with Crippen molar-refractivity contribution in [2.75, 3.05) is 20.8 Å². The third-order valence-electron chi connectivity index (χ3n) is 1.10. The fraction of sp³-hybridized carbons (Fsp3) is 0.600. The molecule has 5 nitrogen and oxygen atoms in total. The van der Waals surface area contributed by atoms with Crippen molar-refractivity contribution in [3.63, 3.8) is 0 Å². The molecule has 0 aromatic rings. The van der Waals surface area contributed by atoms with Gasteiger partial charge in [-0.3, -0.25) is 0 Å². The SMILES string of the molecule is [2H]P1(C)=NC(N(C)C)=NC(N)=N1. The molecule has 0 saturated heterocycles. The Kier molecular flexibility index (Phi) is 1.90. The van der Waals surface area contributed by atoms with E-state index in [4.69, 9.17) is 7.01 Å². The lowest BCUT2D eigenvalue weighted by Gasteiger charge is -2.14. The summed E-state index contributed by atoms with van der Waals surface area (Å²) < 4.78 is 15.5. The van der Waals surface area contributed by atoms with Crippen LogP contribution in [0.5, 0.6) is 0 Å². The lowest BCUT2D eigenvalue weighted by Crippen LogP contribution is -2.24. The summed E-state index contributed by atoms with van der Waals surface area (Å²) in [4.78, 5) is 5.61. The first-order chi connectivity index (χ1) is 5.41. The molecule has 1 unspecified atom stereocenters. The molecule has 11 heavy (non-hydrogen) atoms. The first-order valence-corrected chi connectivity index (χ1v) is 4.84. The van der Waals surface area contributed by atoms with Crippen molar-refractivity contribution in [2.24, 2.45) is 20.2 Å². The van der Waals surface area contributed by atoms with E-state index in [0.29, 0.717) is 5.96 Å². The Balaban J connectivity index is 3.11. The van der Waals surface area contributed by atoms with Crippen molar-refractivity contribution < 1.29 is 0 Å². The summed E-state index contributed by atoms with van der Waals surface area (Å²) in [5, 5.41) is 0. The summed E-state index contributed by atoms with van der Waals surface area (Å²) in [5.41, 5.74) is 5.42. The fourth-order valence-corrected chi connectivity index (χ4v) is 1.51. The van der Waals surface area contributed by atoms with Gasteiger partial charge >= 0.3 is 0 Å². The molecular weight excluding hydrogens is 161 g/mol. The Morgan fingerprint density at radius 1 is 1.64 bits per heavy atom. The van der Waals surface area contributed by atoms with E-state index in [2.05, 4.69) is 14.5 Å². The molecule has 1 aliphatic rings. The van der Waals surface area contributed by atoms with Gasteiger partial charge in [0.2, 0.25) is 11.9 Å². The number of hydrogen-bond acceptors (Lipinski definition) is 5. The molecule has 0 bridgehead atoms. The molecule has 0 aromatic carbocycles. The van der Waals surface area contributed by atoms with Crippen LogP contribution in [-0.4, -0.2) is 38.9 Å². The minimum Gasteiger partial charge on any atom is -0.368 e. The number of hydrogen-bond donors (Lipinski definition) is 1. The molecule has 1 atom stereocenters. The third-order valence-corrected chi connectivity index (χ3v) is 2.06. The number of rotatable bonds is 0. The monoisotopic (exact) mass is 174 g/mol. The van der Waals surface area contributed by atoms with Gasteiger partial charge in [-0.1, -0.05) is 0 Å². The maximum atomic E-state index is 7.65. The van der Waals surface area contributed by atoms with Gasteiger partial charge in [-0.05, 0) is 6.66 Å². The van der Waals surface area contributed by atoms with Crippen LogP contribution in [-0.2, 0) is 0 Å². The van der Waals surface area contributed by atoms with E-state index in [1.807, 2.05) is 0 Å². The lowest BCUT2D eigenvalue weighted by atomic mass is 10.8. The van der Waals surface area contributed by atoms with E-state index in [-0.39, 0.29) is 5.96 Å². The predicted molar refractivity (Wildman–Crippen MR) is 49.4 cm³/mol. The van der Waals surface area contributed by atoms with Crippen LogP contribution in [0.4, 0.5) is 0 Å². The van der Waals surface area contributed by atoms with Gasteiger partial charge in [0.15, 0.2) is 0 Å². The molecule has 0 saturated carbocycles. The number of guanidine groups is 2. The number of nitrogens with zero attached hydrogens (tertiary/aromatic N) is 4. The van der Waals surface area contributed by atoms with Gasteiger partial charge in [-0.15, -0.1) is 0 Å². The smallest absolute Gasteiger partial charge is 0.228 e. The molecule has 0 fully saturated rings. The summed E-state index contributed by atoms with van der Waals surface area (Å²) in [6.45, 7) is 1.66. The normalized spacial score (nSPS) is 31.4. The first-order valence-electron chi connectivity index (χ1n) is 3.60. The van der Waals surface area contributed by atoms with Crippen molar-refractivity contribution in [1.29, 1.82) is 1.28 Å². The van der Waals surface area contributed by atoms with Gasteiger partial charge in [-0.2, -0.15) is 4.99 Å². The van der Waals surface area contributed by atoms with Crippen LogP contribution in [0.3, 0.4) is 0 Å². The highest BCUT2D eigenvalue weighted by Crippen LogP contribution is 2.24. The average Bonchev–Trinajstić information content (AvgIpc) is 1.82. The minimum atomic E-state index is -2.34. The van der Waals surface area contributed by atoms with Gasteiger partial charge in [-0.25, -0.2) is 9.51 Å². The molecule has 2 N–H and O–H groups in total. The highest BCUT2D eigenvalue weighted by atomic mass is 31.1. The van der Waals surface area contributed by atoms with Gasteiger partial charge in [0.1, 0.15) is 1.28 Å². The summed E-state index contributed by atoms with van der Waals surface area (Å²) in [6, 6.07) is 0. The van der Waals surface area contributed by atoms with Crippen LogP contribution in [0, 0.1) is 0 Å². The second kappa shape index (κ2) is 3.05. The molecule has 1 heterocycles. The van der Waals surface area contributed by atoms with E-state index < -0.39 is 7.81 Å². The molecule has 62 valence electrons. The van der Waals surface area contributed by atoms with Crippen molar-refractivity contribution in [3.05, 3.63) is 0 Å².